The van der Waals surface area contributed by atoms with Gasteiger partial charge in [0.15, 0.2) is 0 Å². The Morgan fingerprint density at radius 1 is 1.50 bits per heavy atom. The molecule has 0 aliphatic heterocycles. The molecule has 2 rings (SSSR count). The number of anilines is 1. The molecule has 2 heterocycles. The summed E-state index contributed by atoms with van der Waals surface area (Å²) in [5.74, 6) is 1.39. The predicted octanol–water partition coefficient (Wildman–Crippen LogP) is 1.73. The van der Waals surface area contributed by atoms with Gasteiger partial charge in [0.05, 0.1) is 19.0 Å². The molecule has 0 aromatic carbocycles. The van der Waals surface area contributed by atoms with Crippen molar-refractivity contribution in [3.05, 3.63) is 35.6 Å². The van der Waals surface area contributed by atoms with Gasteiger partial charge in [-0.3, -0.25) is 0 Å². The first-order valence-electron chi connectivity index (χ1n) is 3.96. The number of hydrogen-bond donors (Lipinski definition) is 1. The molecule has 0 saturated heterocycles. The minimum atomic E-state index is 0.120. The maximum Gasteiger partial charge on any atom is 0.244 e. The molecule has 6 heteroatoms. The zero-order valence-corrected chi connectivity index (χ0v) is 7.90. The lowest BCUT2D eigenvalue weighted by molar-refractivity contribution is 0.517. The molecule has 0 saturated carbocycles. The van der Waals surface area contributed by atoms with Crippen molar-refractivity contribution in [1.29, 1.82) is 0 Å². The zero-order chi connectivity index (χ0) is 9.80. The van der Waals surface area contributed by atoms with E-state index in [2.05, 4.69) is 20.5 Å². The van der Waals surface area contributed by atoms with Crippen LogP contribution in [0, 0.1) is 0 Å². The number of halogens is 1. The fourth-order valence-electron chi connectivity index (χ4n) is 0.958. The van der Waals surface area contributed by atoms with Crippen LogP contribution < -0.4 is 5.32 Å². The largest absolute Gasteiger partial charge is 0.467 e. The number of hydrogen-bond acceptors (Lipinski definition) is 5. The van der Waals surface area contributed by atoms with Crippen molar-refractivity contribution in [3.8, 4) is 0 Å². The summed E-state index contributed by atoms with van der Waals surface area (Å²) in [7, 11) is 0. The summed E-state index contributed by atoms with van der Waals surface area (Å²) in [5, 5.41) is 10.3. The Bertz CT molecular complexity index is 403. The Hall–Kier alpha value is -1.62. The summed E-state index contributed by atoms with van der Waals surface area (Å²) in [4.78, 5) is 3.91. The molecule has 0 amide bonds. The minimum Gasteiger partial charge on any atom is -0.467 e. The van der Waals surface area contributed by atoms with Crippen molar-refractivity contribution in [2.45, 2.75) is 6.54 Å². The van der Waals surface area contributed by atoms with Crippen molar-refractivity contribution in [2.75, 3.05) is 5.32 Å². The standard InChI is InChI=1S/C8H7ClN4O/c9-8-12-7(5-11-13-8)10-4-6-2-1-3-14-6/h1-3,5H,4H2,(H,10,12,13). The van der Waals surface area contributed by atoms with Gasteiger partial charge in [0.2, 0.25) is 5.28 Å². The average molecular weight is 211 g/mol. The van der Waals surface area contributed by atoms with E-state index in [0.717, 1.165) is 5.76 Å². The van der Waals surface area contributed by atoms with Crippen LogP contribution in [0.3, 0.4) is 0 Å². The molecule has 14 heavy (non-hydrogen) atoms. The first-order chi connectivity index (χ1) is 6.84. The smallest absolute Gasteiger partial charge is 0.244 e. The second-order valence-corrected chi connectivity index (χ2v) is 2.88. The maximum absolute atomic E-state index is 5.56. The number of furan rings is 1. The van der Waals surface area contributed by atoms with Gasteiger partial charge in [-0.1, -0.05) is 0 Å². The van der Waals surface area contributed by atoms with E-state index in [1.165, 1.54) is 6.20 Å². The van der Waals surface area contributed by atoms with Crippen LogP contribution >= 0.6 is 11.6 Å². The van der Waals surface area contributed by atoms with E-state index in [1.54, 1.807) is 6.26 Å². The third-order valence-electron chi connectivity index (χ3n) is 1.56. The molecule has 0 spiro atoms. The zero-order valence-electron chi connectivity index (χ0n) is 7.14. The van der Waals surface area contributed by atoms with Gasteiger partial charge in [0, 0.05) is 0 Å². The highest BCUT2D eigenvalue weighted by atomic mass is 35.5. The Balaban J connectivity index is 1.98. The van der Waals surface area contributed by atoms with Crippen LogP contribution in [0.1, 0.15) is 5.76 Å². The van der Waals surface area contributed by atoms with Crippen molar-refractivity contribution in [1.82, 2.24) is 15.2 Å². The number of nitrogens with one attached hydrogen (secondary N) is 1. The van der Waals surface area contributed by atoms with Gasteiger partial charge in [-0.05, 0) is 23.7 Å². The third-order valence-corrected chi connectivity index (χ3v) is 1.72. The lowest BCUT2D eigenvalue weighted by atomic mass is 10.4. The van der Waals surface area contributed by atoms with Gasteiger partial charge in [0.1, 0.15) is 11.6 Å². The Morgan fingerprint density at radius 3 is 3.14 bits per heavy atom. The van der Waals surface area contributed by atoms with Gasteiger partial charge in [-0.2, -0.15) is 10.1 Å². The van der Waals surface area contributed by atoms with Gasteiger partial charge < -0.3 is 9.73 Å². The van der Waals surface area contributed by atoms with Crippen molar-refractivity contribution < 1.29 is 4.42 Å². The van der Waals surface area contributed by atoms with E-state index in [9.17, 15) is 0 Å². The molecule has 5 nitrogen and oxygen atoms in total. The van der Waals surface area contributed by atoms with Crippen LogP contribution in [0.5, 0.6) is 0 Å². The second kappa shape index (κ2) is 4.06. The van der Waals surface area contributed by atoms with Gasteiger partial charge in [0.25, 0.3) is 0 Å². The van der Waals surface area contributed by atoms with Crippen LogP contribution in [0.25, 0.3) is 0 Å². The molecular weight excluding hydrogens is 204 g/mol. The topological polar surface area (TPSA) is 63.8 Å². The fourth-order valence-corrected chi connectivity index (χ4v) is 1.09. The third kappa shape index (κ3) is 2.20. The van der Waals surface area contributed by atoms with Crippen molar-refractivity contribution in [2.24, 2.45) is 0 Å². The molecule has 2 aromatic heterocycles. The second-order valence-electron chi connectivity index (χ2n) is 2.54. The number of rotatable bonds is 3. The van der Waals surface area contributed by atoms with E-state index in [4.69, 9.17) is 16.0 Å². The highest BCUT2D eigenvalue weighted by Gasteiger charge is 1.98. The molecule has 72 valence electrons. The summed E-state index contributed by atoms with van der Waals surface area (Å²) >= 11 is 5.56. The Labute approximate surface area is 85.1 Å². The molecule has 0 bridgehead atoms. The normalized spacial score (nSPS) is 10.1. The van der Waals surface area contributed by atoms with E-state index >= 15 is 0 Å². The Morgan fingerprint density at radius 2 is 2.43 bits per heavy atom. The van der Waals surface area contributed by atoms with Gasteiger partial charge >= 0.3 is 0 Å². The fraction of sp³-hybridized carbons (Fsp3) is 0.125. The number of aromatic nitrogens is 3. The molecule has 1 N–H and O–H groups in total. The Kier molecular flexibility index (Phi) is 2.60. The molecule has 0 aliphatic rings. The predicted molar refractivity (Wildman–Crippen MR) is 50.9 cm³/mol. The van der Waals surface area contributed by atoms with Gasteiger partial charge in [-0.25, -0.2) is 0 Å². The molecule has 0 radical (unpaired) electrons. The molecular formula is C8H7ClN4O. The van der Waals surface area contributed by atoms with E-state index < -0.39 is 0 Å². The summed E-state index contributed by atoms with van der Waals surface area (Å²) in [6, 6.07) is 3.69. The quantitative estimate of drug-likeness (QED) is 0.836. The minimum absolute atomic E-state index is 0.120. The number of nitrogens with zero attached hydrogens (tertiary/aromatic N) is 3. The van der Waals surface area contributed by atoms with Crippen LogP contribution in [-0.2, 0) is 6.54 Å². The molecule has 0 fully saturated rings. The van der Waals surface area contributed by atoms with E-state index in [-0.39, 0.29) is 5.28 Å². The first kappa shape index (κ1) is 8.96. The molecule has 0 atom stereocenters. The highest BCUT2D eigenvalue weighted by molar-refractivity contribution is 6.28. The van der Waals surface area contributed by atoms with Crippen LogP contribution in [-0.4, -0.2) is 15.2 Å². The summed E-state index contributed by atoms with van der Waals surface area (Å²) in [6.07, 6.45) is 3.11. The maximum atomic E-state index is 5.56. The first-order valence-corrected chi connectivity index (χ1v) is 4.34. The average Bonchev–Trinajstić information content (AvgIpc) is 2.67. The van der Waals surface area contributed by atoms with Crippen LogP contribution in [0.2, 0.25) is 5.28 Å². The van der Waals surface area contributed by atoms with E-state index in [0.29, 0.717) is 12.4 Å². The summed E-state index contributed by atoms with van der Waals surface area (Å²) in [6.45, 7) is 0.544. The molecule has 2 aromatic rings. The summed E-state index contributed by atoms with van der Waals surface area (Å²) < 4.78 is 5.13. The SMILES string of the molecule is Clc1nncc(NCc2ccco2)n1. The summed E-state index contributed by atoms with van der Waals surface area (Å²) in [5.41, 5.74) is 0. The lowest BCUT2D eigenvalue weighted by Gasteiger charge is -2.01. The molecule has 0 unspecified atom stereocenters. The van der Waals surface area contributed by atoms with Gasteiger partial charge in [-0.15, -0.1) is 5.10 Å². The lowest BCUT2D eigenvalue weighted by Crippen LogP contribution is -2.01. The van der Waals surface area contributed by atoms with Crippen LogP contribution in [0.4, 0.5) is 5.82 Å². The molecule has 0 aliphatic carbocycles. The van der Waals surface area contributed by atoms with Crippen molar-refractivity contribution >= 4 is 17.4 Å². The highest BCUT2D eigenvalue weighted by Crippen LogP contribution is 2.06. The van der Waals surface area contributed by atoms with Crippen LogP contribution in [0.15, 0.2) is 29.0 Å². The monoisotopic (exact) mass is 210 g/mol. The van der Waals surface area contributed by atoms with E-state index in [1.807, 2.05) is 12.1 Å². The van der Waals surface area contributed by atoms with Crippen molar-refractivity contribution in [3.63, 3.8) is 0 Å².